The molecule has 1 aromatic rings. The van der Waals surface area contributed by atoms with Gasteiger partial charge in [-0.2, -0.15) is 0 Å². The van der Waals surface area contributed by atoms with E-state index in [0.29, 0.717) is 6.61 Å². The Labute approximate surface area is 141 Å². The van der Waals surface area contributed by atoms with Crippen molar-refractivity contribution in [3.63, 3.8) is 0 Å². The van der Waals surface area contributed by atoms with E-state index in [1.54, 1.807) is 0 Å². The number of hydrogen-bond acceptors (Lipinski definition) is 2. The van der Waals surface area contributed by atoms with Gasteiger partial charge in [-0.1, -0.05) is 36.6 Å². The van der Waals surface area contributed by atoms with E-state index in [9.17, 15) is 0 Å². The topological polar surface area (TPSA) is 12.5 Å². The lowest BCUT2D eigenvalue weighted by atomic mass is 9.98. The molecule has 0 saturated carbocycles. The molecule has 1 rings (SSSR count). The van der Waals surface area contributed by atoms with Crippen LogP contribution in [0.15, 0.2) is 48.6 Å². The fourth-order valence-electron chi connectivity index (χ4n) is 1.87. The lowest BCUT2D eigenvalue weighted by molar-refractivity contribution is 0.346. The van der Waals surface area contributed by atoms with Crippen molar-refractivity contribution in [3.8, 4) is 17.6 Å². The van der Waals surface area contributed by atoms with Gasteiger partial charge in [0.2, 0.25) is 0 Å². The summed E-state index contributed by atoms with van der Waals surface area (Å²) < 4.78 is 5.68. The maximum absolute atomic E-state index is 5.68. The van der Waals surface area contributed by atoms with Gasteiger partial charge >= 0.3 is 0 Å². The first-order valence-electron chi connectivity index (χ1n) is 7.98. The normalized spacial score (nSPS) is 11.4. The summed E-state index contributed by atoms with van der Waals surface area (Å²) in [6.07, 6.45) is 4.04. The quantitative estimate of drug-likeness (QED) is 0.535. The van der Waals surface area contributed by atoms with Crippen LogP contribution in [0.5, 0.6) is 5.75 Å². The van der Waals surface area contributed by atoms with Crippen molar-refractivity contribution in [1.82, 2.24) is 4.90 Å². The summed E-state index contributed by atoms with van der Waals surface area (Å²) >= 11 is 0. The van der Waals surface area contributed by atoms with E-state index in [1.807, 2.05) is 25.1 Å². The van der Waals surface area contributed by atoms with Gasteiger partial charge in [0.25, 0.3) is 0 Å². The molecule has 23 heavy (non-hydrogen) atoms. The Bertz CT molecular complexity index is 596. The summed E-state index contributed by atoms with van der Waals surface area (Å²) in [6, 6.07) is 8.21. The zero-order chi connectivity index (χ0) is 17.3. The number of hydrogen-bond donors (Lipinski definition) is 0. The van der Waals surface area contributed by atoms with Crippen LogP contribution < -0.4 is 4.74 Å². The van der Waals surface area contributed by atoms with E-state index >= 15 is 0 Å². The van der Waals surface area contributed by atoms with Crippen LogP contribution in [0.25, 0.3) is 0 Å². The minimum Gasteiger partial charge on any atom is -0.489 e. The predicted molar refractivity (Wildman–Crippen MR) is 99.5 cm³/mol. The highest BCUT2D eigenvalue weighted by Gasteiger charge is 2.03. The molecule has 0 spiro atoms. The predicted octanol–water partition coefficient (Wildman–Crippen LogP) is 4.68. The van der Waals surface area contributed by atoms with Crippen LogP contribution in [0.4, 0.5) is 0 Å². The lowest BCUT2D eigenvalue weighted by Crippen LogP contribution is -2.17. The molecular formula is C21H29NO. The highest BCUT2D eigenvalue weighted by atomic mass is 16.5. The second-order valence-corrected chi connectivity index (χ2v) is 7.01. The first kappa shape index (κ1) is 19.1. The molecule has 0 bridgehead atoms. The third-order valence-electron chi connectivity index (χ3n) is 2.90. The average molecular weight is 311 g/mol. The molecular weight excluding hydrogens is 282 g/mol. The monoisotopic (exact) mass is 311 g/mol. The Hall–Kier alpha value is -1.98. The van der Waals surface area contributed by atoms with Crippen molar-refractivity contribution in [2.45, 2.75) is 34.2 Å². The summed E-state index contributed by atoms with van der Waals surface area (Å²) in [5.74, 6) is 7.19. The first-order chi connectivity index (χ1) is 10.8. The Balaban J connectivity index is 2.49. The van der Waals surface area contributed by atoms with Crippen molar-refractivity contribution in [3.05, 3.63) is 54.1 Å². The zero-order valence-corrected chi connectivity index (χ0v) is 15.1. The summed E-state index contributed by atoms with van der Waals surface area (Å²) in [5, 5.41) is 0. The molecule has 0 unspecified atom stereocenters. The van der Waals surface area contributed by atoms with E-state index < -0.39 is 0 Å². The molecule has 0 radical (unpaired) electrons. The van der Waals surface area contributed by atoms with Gasteiger partial charge < -0.3 is 4.74 Å². The van der Waals surface area contributed by atoms with E-state index in [-0.39, 0.29) is 5.41 Å². The van der Waals surface area contributed by atoms with Gasteiger partial charge in [-0.05, 0) is 64.1 Å². The molecule has 0 atom stereocenters. The van der Waals surface area contributed by atoms with Crippen molar-refractivity contribution >= 4 is 0 Å². The smallest absolute Gasteiger partial charge is 0.120 e. The standard InChI is InChI=1S/C21H29NO/c1-18(2)17-23-20-12-10-11-19(15-20)16-22(6)14-9-7-8-13-21(3,4)5/h7,9-12,15H,1,14,16-17H2,2-6H3. The molecule has 0 aliphatic rings. The van der Waals surface area contributed by atoms with Gasteiger partial charge in [-0.25, -0.2) is 0 Å². The van der Waals surface area contributed by atoms with Crippen molar-refractivity contribution in [2.75, 3.05) is 20.2 Å². The molecule has 0 fully saturated rings. The van der Waals surface area contributed by atoms with Gasteiger partial charge in [0.1, 0.15) is 12.4 Å². The summed E-state index contributed by atoms with van der Waals surface area (Å²) in [7, 11) is 2.10. The van der Waals surface area contributed by atoms with Gasteiger partial charge in [-0.3, -0.25) is 4.90 Å². The Morgan fingerprint density at radius 3 is 2.74 bits per heavy atom. The number of ether oxygens (including phenoxy) is 1. The van der Waals surface area contributed by atoms with E-state index in [0.717, 1.165) is 24.4 Å². The van der Waals surface area contributed by atoms with E-state index in [1.165, 1.54) is 5.56 Å². The SMILES string of the molecule is C=C(C)COc1cccc(CN(C)CC=CC#CC(C)(C)C)c1. The third kappa shape index (κ3) is 9.60. The number of benzene rings is 1. The summed E-state index contributed by atoms with van der Waals surface area (Å²) in [5.41, 5.74) is 2.32. The number of likely N-dealkylation sites (N-methyl/N-ethyl adjacent to an activating group) is 1. The Morgan fingerprint density at radius 2 is 2.09 bits per heavy atom. The molecule has 2 nitrogen and oxygen atoms in total. The summed E-state index contributed by atoms with van der Waals surface area (Å²) in [6.45, 7) is 14.5. The minimum atomic E-state index is 0.0560. The zero-order valence-electron chi connectivity index (χ0n) is 15.1. The molecule has 0 N–H and O–H groups in total. The van der Waals surface area contributed by atoms with Crippen LogP contribution in [0.2, 0.25) is 0 Å². The minimum absolute atomic E-state index is 0.0560. The largest absolute Gasteiger partial charge is 0.489 e. The van der Waals surface area contributed by atoms with E-state index in [2.05, 4.69) is 69.3 Å². The number of allylic oxidation sites excluding steroid dienone is 1. The van der Waals surface area contributed by atoms with Crippen molar-refractivity contribution in [2.24, 2.45) is 5.41 Å². The second-order valence-electron chi connectivity index (χ2n) is 7.01. The fourth-order valence-corrected chi connectivity index (χ4v) is 1.87. The fraction of sp³-hybridized carbons (Fsp3) is 0.429. The molecule has 0 aromatic heterocycles. The van der Waals surface area contributed by atoms with Gasteiger partial charge in [0.15, 0.2) is 0 Å². The second kappa shape index (κ2) is 9.22. The molecule has 1 aromatic carbocycles. The molecule has 0 aliphatic carbocycles. The van der Waals surface area contributed by atoms with Crippen LogP contribution in [-0.2, 0) is 6.54 Å². The van der Waals surface area contributed by atoms with E-state index in [4.69, 9.17) is 4.74 Å². The molecule has 124 valence electrons. The van der Waals surface area contributed by atoms with Crippen molar-refractivity contribution < 1.29 is 4.74 Å². The lowest BCUT2D eigenvalue weighted by Gasteiger charge is -2.15. The van der Waals surface area contributed by atoms with Crippen LogP contribution in [-0.4, -0.2) is 25.1 Å². The maximum atomic E-state index is 5.68. The molecule has 0 saturated heterocycles. The highest BCUT2D eigenvalue weighted by Crippen LogP contribution is 2.15. The molecule has 0 aliphatic heterocycles. The number of nitrogens with zero attached hydrogens (tertiary/aromatic N) is 1. The van der Waals surface area contributed by atoms with Gasteiger partial charge in [0.05, 0.1) is 0 Å². The maximum Gasteiger partial charge on any atom is 0.120 e. The van der Waals surface area contributed by atoms with Crippen LogP contribution >= 0.6 is 0 Å². The average Bonchev–Trinajstić information content (AvgIpc) is 2.44. The van der Waals surface area contributed by atoms with Crippen molar-refractivity contribution in [1.29, 1.82) is 0 Å². The Morgan fingerprint density at radius 1 is 1.35 bits per heavy atom. The van der Waals surface area contributed by atoms with Crippen LogP contribution in [0.3, 0.4) is 0 Å². The van der Waals surface area contributed by atoms with Crippen LogP contribution in [0, 0.1) is 17.3 Å². The third-order valence-corrected chi connectivity index (χ3v) is 2.90. The number of rotatable bonds is 7. The molecule has 2 heteroatoms. The highest BCUT2D eigenvalue weighted by molar-refractivity contribution is 5.29. The van der Waals surface area contributed by atoms with Crippen LogP contribution in [0.1, 0.15) is 33.3 Å². The summed E-state index contributed by atoms with van der Waals surface area (Å²) in [4.78, 5) is 2.24. The first-order valence-corrected chi connectivity index (χ1v) is 7.98. The molecule has 0 amide bonds. The van der Waals surface area contributed by atoms with Gasteiger partial charge in [0, 0.05) is 18.5 Å². The Kier molecular flexibility index (Phi) is 7.65. The molecule has 0 heterocycles. The van der Waals surface area contributed by atoms with Gasteiger partial charge in [-0.15, -0.1) is 0 Å².